The molecule has 0 amide bonds. The maximum atomic E-state index is 10.1. The van der Waals surface area contributed by atoms with E-state index in [-0.39, 0.29) is 5.92 Å². The fraction of sp³-hybridized carbons (Fsp3) is 0.750. The monoisotopic (exact) mass is 127 g/mol. The van der Waals surface area contributed by atoms with E-state index in [1.54, 1.807) is 0 Å². The van der Waals surface area contributed by atoms with Crippen molar-refractivity contribution in [1.82, 2.24) is 0 Å². The second-order valence-corrected chi connectivity index (χ2v) is 2.37. The molecule has 0 aliphatic heterocycles. The maximum absolute atomic E-state index is 10.1. The van der Waals surface area contributed by atoms with Gasteiger partial charge >= 0.3 is 0 Å². The smallest absolute Gasteiger partial charge is 0.123 e. The van der Waals surface area contributed by atoms with E-state index in [1.165, 1.54) is 12.8 Å². The highest BCUT2D eigenvalue weighted by Crippen LogP contribution is 2.04. The number of carbonyl (C=O) groups is 1. The van der Waals surface area contributed by atoms with Crippen LogP contribution in [0, 0.1) is 12.3 Å². The van der Waals surface area contributed by atoms with Gasteiger partial charge in [-0.15, -0.1) is 0 Å². The number of aldehydes is 1. The molecule has 0 aliphatic rings. The minimum absolute atomic E-state index is 0.150. The van der Waals surface area contributed by atoms with Gasteiger partial charge in [0.05, 0.1) is 0 Å². The molecule has 1 atom stereocenters. The molecule has 9 heavy (non-hydrogen) atoms. The third kappa shape index (κ3) is 5.54. The van der Waals surface area contributed by atoms with Gasteiger partial charge in [0.25, 0.3) is 0 Å². The van der Waals surface area contributed by atoms with Gasteiger partial charge in [0.1, 0.15) is 6.29 Å². The average molecular weight is 127 g/mol. The third-order valence-electron chi connectivity index (χ3n) is 1.31. The molecule has 0 saturated carbocycles. The van der Waals surface area contributed by atoms with Crippen LogP contribution in [0.15, 0.2) is 0 Å². The van der Waals surface area contributed by atoms with Gasteiger partial charge in [0.15, 0.2) is 0 Å². The summed E-state index contributed by atoms with van der Waals surface area (Å²) in [6.07, 6.45) is 6.54. The molecule has 0 aromatic rings. The molecule has 1 nitrogen and oxygen atoms in total. The lowest BCUT2D eigenvalue weighted by molar-refractivity contribution is -0.109. The van der Waals surface area contributed by atoms with Gasteiger partial charge in [-0.1, -0.05) is 26.7 Å². The lowest BCUT2D eigenvalue weighted by Gasteiger charge is -1.99. The fourth-order valence-electron chi connectivity index (χ4n) is 0.640. The second kappa shape index (κ2) is 5.80. The molecule has 1 unspecified atom stereocenters. The standard InChI is InChI=1S/C8H15O/c1-3-4-5-6-8(2)7-9/h6-8H,3-5H2,1-2H3. The van der Waals surface area contributed by atoms with Crippen molar-refractivity contribution < 1.29 is 4.79 Å². The predicted octanol–water partition coefficient (Wildman–Crippen LogP) is 2.22. The van der Waals surface area contributed by atoms with Gasteiger partial charge < -0.3 is 4.79 Å². The summed E-state index contributed by atoms with van der Waals surface area (Å²) in [5.41, 5.74) is 0. The van der Waals surface area contributed by atoms with Crippen LogP contribution in [0.2, 0.25) is 0 Å². The Morgan fingerprint density at radius 1 is 1.56 bits per heavy atom. The summed E-state index contributed by atoms with van der Waals surface area (Å²) in [7, 11) is 0. The van der Waals surface area contributed by atoms with Gasteiger partial charge in [0, 0.05) is 5.92 Å². The van der Waals surface area contributed by atoms with Gasteiger partial charge in [-0.2, -0.15) is 0 Å². The van der Waals surface area contributed by atoms with Crippen LogP contribution < -0.4 is 0 Å². The van der Waals surface area contributed by atoms with Crippen molar-refractivity contribution in [3.05, 3.63) is 6.42 Å². The Morgan fingerprint density at radius 3 is 2.67 bits per heavy atom. The number of rotatable bonds is 5. The van der Waals surface area contributed by atoms with Gasteiger partial charge in [-0.3, -0.25) is 0 Å². The van der Waals surface area contributed by atoms with E-state index in [2.05, 4.69) is 13.3 Å². The first-order valence-electron chi connectivity index (χ1n) is 3.60. The van der Waals surface area contributed by atoms with Crippen molar-refractivity contribution >= 4 is 6.29 Å². The molecule has 0 aromatic carbocycles. The normalized spacial score (nSPS) is 13.1. The maximum Gasteiger partial charge on any atom is 0.123 e. The number of carbonyl (C=O) groups excluding carboxylic acids is 1. The summed E-state index contributed by atoms with van der Waals surface area (Å²) in [6.45, 7) is 4.07. The van der Waals surface area contributed by atoms with E-state index < -0.39 is 0 Å². The van der Waals surface area contributed by atoms with Crippen molar-refractivity contribution in [1.29, 1.82) is 0 Å². The Labute approximate surface area is 57.5 Å². The molecule has 0 rings (SSSR count). The summed E-state index contributed by atoms with van der Waals surface area (Å²) < 4.78 is 0. The Bertz CT molecular complexity index is 69.0. The van der Waals surface area contributed by atoms with E-state index >= 15 is 0 Å². The highest BCUT2D eigenvalue weighted by Gasteiger charge is 1.96. The fourth-order valence-corrected chi connectivity index (χ4v) is 0.640. The lowest BCUT2D eigenvalue weighted by Crippen LogP contribution is -1.95. The Balaban J connectivity index is 2.96. The summed E-state index contributed by atoms with van der Waals surface area (Å²) >= 11 is 0. The average Bonchev–Trinajstić information content (AvgIpc) is 1.89. The zero-order valence-electron chi connectivity index (χ0n) is 6.26. The highest BCUT2D eigenvalue weighted by atomic mass is 16.1. The molecule has 0 N–H and O–H groups in total. The topological polar surface area (TPSA) is 17.1 Å². The van der Waals surface area contributed by atoms with E-state index in [0.717, 1.165) is 12.7 Å². The molecule has 0 aliphatic carbocycles. The minimum Gasteiger partial charge on any atom is -0.303 e. The Kier molecular flexibility index (Phi) is 5.59. The van der Waals surface area contributed by atoms with E-state index in [1.807, 2.05) is 6.92 Å². The Hall–Kier alpha value is -0.330. The largest absolute Gasteiger partial charge is 0.303 e. The molecule has 0 spiro atoms. The quantitative estimate of drug-likeness (QED) is 0.409. The van der Waals surface area contributed by atoms with Crippen LogP contribution in [0.4, 0.5) is 0 Å². The summed E-state index contributed by atoms with van der Waals surface area (Å²) in [6, 6.07) is 0. The first-order chi connectivity index (χ1) is 4.31. The van der Waals surface area contributed by atoms with Crippen molar-refractivity contribution in [2.45, 2.75) is 33.1 Å². The molecule has 1 heteroatoms. The van der Waals surface area contributed by atoms with Crippen LogP contribution >= 0.6 is 0 Å². The van der Waals surface area contributed by atoms with Crippen LogP contribution in [0.3, 0.4) is 0 Å². The van der Waals surface area contributed by atoms with Crippen molar-refractivity contribution in [2.24, 2.45) is 5.92 Å². The van der Waals surface area contributed by atoms with Gasteiger partial charge in [0.2, 0.25) is 0 Å². The molecular formula is C8H15O. The number of hydrogen-bond donors (Lipinski definition) is 0. The molecule has 0 saturated heterocycles. The van der Waals surface area contributed by atoms with Crippen LogP contribution in [0.5, 0.6) is 0 Å². The number of hydrogen-bond acceptors (Lipinski definition) is 1. The van der Waals surface area contributed by atoms with Gasteiger partial charge in [-0.05, 0) is 12.8 Å². The zero-order valence-corrected chi connectivity index (χ0v) is 6.26. The molecule has 0 aromatic heterocycles. The summed E-state index contributed by atoms with van der Waals surface area (Å²) in [4.78, 5) is 10.1. The van der Waals surface area contributed by atoms with Gasteiger partial charge in [-0.25, -0.2) is 0 Å². The Morgan fingerprint density at radius 2 is 2.22 bits per heavy atom. The van der Waals surface area contributed by atoms with E-state index in [0.29, 0.717) is 0 Å². The molecule has 0 heterocycles. The van der Waals surface area contributed by atoms with Crippen molar-refractivity contribution in [3.63, 3.8) is 0 Å². The minimum atomic E-state index is 0.150. The highest BCUT2D eigenvalue weighted by molar-refractivity contribution is 5.54. The predicted molar refractivity (Wildman–Crippen MR) is 39.1 cm³/mol. The first kappa shape index (κ1) is 8.67. The molecule has 53 valence electrons. The van der Waals surface area contributed by atoms with Crippen LogP contribution in [-0.4, -0.2) is 6.29 Å². The van der Waals surface area contributed by atoms with Crippen LogP contribution in [-0.2, 0) is 4.79 Å². The first-order valence-corrected chi connectivity index (χ1v) is 3.60. The zero-order chi connectivity index (χ0) is 7.11. The molecule has 1 radical (unpaired) electrons. The van der Waals surface area contributed by atoms with Crippen molar-refractivity contribution in [2.75, 3.05) is 0 Å². The summed E-state index contributed by atoms with van der Waals surface area (Å²) in [5.74, 6) is 0.150. The SMILES string of the molecule is CCCC[CH]C(C)C=O. The molecule has 0 bridgehead atoms. The van der Waals surface area contributed by atoms with Crippen LogP contribution in [0.25, 0.3) is 0 Å². The summed E-state index contributed by atoms with van der Waals surface area (Å²) in [5, 5.41) is 0. The van der Waals surface area contributed by atoms with Crippen molar-refractivity contribution in [3.8, 4) is 0 Å². The molecular weight excluding hydrogens is 112 g/mol. The molecule has 0 fully saturated rings. The number of unbranched alkanes of at least 4 members (excludes halogenated alkanes) is 2. The van der Waals surface area contributed by atoms with E-state index in [4.69, 9.17) is 0 Å². The second-order valence-electron chi connectivity index (χ2n) is 2.37. The third-order valence-corrected chi connectivity index (χ3v) is 1.31. The van der Waals surface area contributed by atoms with E-state index in [9.17, 15) is 4.79 Å². The lowest BCUT2D eigenvalue weighted by atomic mass is 10.1. The van der Waals surface area contributed by atoms with Crippen LogP contribution in [0.1, 0.15) is 33.1 Å².